The maximum Gasteiger partial charge on any atom is 0.334 e. The van der Waals surface area contributed by atoms with Gasteiger partial charge in [0.25, 0.3) is 0 Å². The summed E-state index contributed by atoms with van der Waals surface area (Å²) >= 11 is 0. The largest absolute Gasteiger partial charge is 0.466 e. The second kappa shape index (κ2) is 7.18. The third-order valence-electron chi connectivity index (χ3n) is 4.20. The van der Waals surface area contributed by atoms with Crippen molar-refractivity contribution in [3.8, 4) is 0 Å². The molecule has 0 atom stereocenters. The van der Waals surface area contributed by atoms with Gasteiger partial charge < -0.3 is 9.47 Å². The van der Waals surface area contributed by atoms with E-state index in [1.807, 2.05) is 60.7 Å². The molecule has 0 unspecified atom stereocenters. The van der Waals surface area contributed by atoms with E-state index in [2.05, 4.69) is 0 Å². The van der Waals surface area contributed by atoms with Crippen molar-refractivity contribution in [3.05, 3.63) is 82.9 Å². The van der Waals surface area contributed by atoms with Crippen LogP contribution in [-0.2, 0) is 19.1 Å². The molecule has 0 aliphatic heterocycles. The van der Waals surface area contributed by atoms with Crippen LogP contribution in [0.15, 0.2) is 71.8 Å². The van der Waals surface area contributed by atoms with E-state index in [-0.39, 0.29) is 6.42 Å². The van der Waals surface area contributed by atoms with Crippen LogP contribution in [-0.4, -0.2) is 26.2 Å². The van der Waals surface area contributed by atoms with Gasteiger partial charge in [-0.3, -0.25) is 0 Å². The topological polar surface area (TPSA) is 52.6 Å². The van der Waals surface area contributed by atoms with Crippen molar-refractivity contribution in [2.24, 2.45) is 0 Å². The number of hydrogen-bond donors (Lipinski definition) is 0. The van der Waals surface area contributed by atoms with Crippen molar-refractivity contribution in [1.82, 2.24) is 0 Å². The molecule has 0 aromatic heterocycles. The van der Waals surface area contributed by atoms with Crippen LogP contribution in [0.3, 0.4) is 0 Å². The molecule has 4 nitrogen and oxygen atoms in total. The zero-order valence-corrected chi connectivity index (χ0v) is 14.1. The highest BCUT2D eigenvalue weighted by atomic mass is 16.5. The zero-order chi connectivity index (χ0) is 17.8. The van der Waals surface area contributed by atoms with E-state index < -0.39 is 11.9 Å². The van der Waals surface area contributed by atoms with E-state index in [1.165, 1.54) is 14.2 Å². The highest BCUT2D eigenvalue weighted by Crippen LogP contribution is 2.45. The summed E-state index contributed by atoms with van der Waals surface area (Å²) in [4.78, 5) is 24.7. The minimum absolute atomic E-state index is 0.188. The Labute approximate surface area is 146 Å². The molecule has 0 amide bonds. The second-order valence-electron chi connectivity index (χ2n) is 5.60. The summed E-state index contributed by atoms with van der Waals surface area (Å²) < 4.78 is 9.91. The SMILES string of the molecule is COC(=O)C1=C(c2ccccc2)C(c2ccccc2)=C(C(=O)OC)C1. The molecule has 3 rings (SSSR count). The van der Waals surface area contributed by atoms with Crippen LogP contribution in [0.25, 0.3) is 11.1 Å². The molecule has 2 aromatic carbocycles. The van der Waals surface area contributed by atoms with Gasteiger partial charge in [-0.05, 0) is 11.1 Å². The first-order valence-corrected chi connectivity index (χ1v) is 7.91. The van der Waals surface area contributed by atoms with E-state index in [4.69, 9.17) is 9.47 Å². The average Bonchev–Trinajstić information content (AvgIpc) is 3.08. The van der Waals surface area contributed by atoms with E-state index in [0.29, 0.717) is 11.1 Å². The Morgan fingerprint density at radius 2 is 1.04 bits per heavy atom. The lowest BCUT2D eigenvalue weighted by atomic mass is 9.91. The first-order valence-electron chi connectivity index (χ1n) is 7.91. The lowest BCUT2D eigenvalue weighted by molar-refractivity contribution is -0.136. The van der Waals surface area contributed by atoms with Crippen LogP contribution < -0.4 is 0 Å². The van der Waals surface area contributed by atoms with E-state index in [0.717, 1.165) is 22.3 Å². The summed E-state index contributed by atoms with van der Waals surface area (Å²) in [6, 6.07) is 19.1. The van der Waals surface area contributed by atoms with Crippen molar-refractivity contribution in [1.29, 1.82) is 0 Å². The van der Waals surface area contributed by atoms with Gasteiger partial charge in [0, 0.05) is 17.6 Å². The van der Waals surface area contributed by atoms with E-state index in [9.17, 15) is 9.59 Å². The molecule has 126 valence electrons. The smallest absolute Gasteiger partial charge is 0.334 e. The first kappa shape index (κ1) is 16.7. The lowest BCUT2D eigenvalue weighted by Crippen LogP contribution is -2.08. The molecule has 25 heavy (non-hydrogen) atoms. The Kier molecular flexibility index (Phi) is 4.80. The fourth-order valence-electron chi connectivity index (χ4n) is 3.10. The molecule has 4 heteroatoms. The van der Waals surface area contributed by atoms with E-state index >= 15 is 0 Å². The van der Waals surface area contributed by atoms with Crippen molar-refractivity contribution in [2.45, 2.75) is 6.42 Å². The molecular formula is C21H18O4. The molecule has 1 aliphatic rings. The molecule has 0 N–H and O–H groups in total. The summed E-state index contributed by atoms with van der Waals surface area (Å²) in [7, 11) is 2.69. The van der Waals surface area contributed by atoms with Gasteiger partial charge in [0.05, 0.1) is 25.4 Å². The van der Waals surface area contributed by atoms with Gasteiger partial charge in [0.15, 0.2) is 0 Å². The number of carbonyl (C=O) groups excluding carboxylic acids is 2. The van der Waals surface area contributed by atoms with Crippen molar-refractivity contribution in [3.63, 3.8) is 0 Å². The van der Waals surface area contributed by atoms with Crippen LogP contribution in [0.4, 0.5) is 0 Å². The van der Waals surface area contributed by atoms with Gasteiger partial charge in [0.2, 0.25) is 0 Å². The van der Waals surface area contributed by atoms with Crippen molar-refractivity contribution >= 4 is 23.1 Å². The van der Waals surface area contributed by atoms with Gasteiger partial charge in [-0.1, -0.05) is 60.7 Å². The Morgan fingerprint density at radius 3 is 1.36 bits per heavy atom. The van der Waals surface area contributed by atoms with Crippen LogP contribution in [0, 0.1) is 0 Å². The van der Waals surface area contributed by atoms with Crippen LogP contribution >= 0.6 is 0 Å². The average molecular weight is 334 g/mol. The third-order valence-corrected chi connectivity index (χ3v) is 4.20. The molecule has 0 heterocycles. The summed E-state index contributed by atoms with van der Waals surface area (Å²) in [5.41, 5.74) is 4.10. The summed E-state index contributed by atoms with van der Waals surface area (Å²) in [6.45, 7) is 0. The molecule has 0 fully saturated rings. The minimum atomic E-state index is -0.439. The first-order chi connectivity index (χ1) is 12.2. The highest BCUT2D eigenvalue weighted by Gasteiger charge is 2.34. The predicted octanol–water partition coefficient (Wildman–Crippen LogP) is 3.64. The van der Waals surface area contributed by atoms with Crippen LogP contribution in [0.2, 0.25) is 0 Å². The number of benzene rings is 2. The Balaban J connectivity index is 2.29. The molecule has 0 spiro atoms. The zero-order valence-electron chi connectivity index (χ0n) is 14.1. The van der Waals surface area contributed by atoms with Crippen LogP contribution in [0.1, 0.15) is 17.5 Å². The monoisotopic (exact) mass is 334 g/mol. The number of hydrogen-bond acceptors (Lipinski definition) is 4. The summed E-state index contributed by atoms with van der Waals surface area (Å²) in [5.74, 6) is -0.877. The molecule has 2 aromatic rings. The van der Waals surface area contributed by atoms with E-state index in [1.54, 1.807) is 0 Å². The van der Waals surface area contributed by atoms with Gasteiger partial charge in [-0.2, -0.15) is 0 Å². The van der Waals surface area contributed by atoms with Gasteiger partial charge in [-0.15, -0.1) is 0 Å². The molecule has 0 bridgehead atoms. The van der Waals surface area contributed by atoms with Gasteiger partial charge in [0.1, 0.15) is 0 Å². The Hall–Kier alpha value is -3.14. The number of rotatable bonds is 4. The van der Waals surface area contributed by atoms with Crippen molar-refractivity contribution < 1.29 is 19.1 Å². The number of methoxy groups -OCH3 is 2. The van der Waals surface area contributed by atoms with Crippen LogP contribution in [0.5, 0.6) is 0 Å². The number of ether oxygens (including phenoxy) is 2. The second-order valence-corrected chi connectivity index (χ2v) is 5.60. The molecule has 1 aliphatic carbocycles. The number of allylic oxidation sites excluding steroid dienone is 2. The Bertz CT molecular complexity index is 788. The fourth-order valence-corrected chi connectivity index (χ4v) is 3.10. The maximum atomic E-state index is 12.4. The standard InChI is InChI=1S/C21H18O4/c1-24-20(22)16-13-17(21(23)25-2)19(15-11-7-4-8-12-15)18(16)14-9-5-3-6-10-14/h3-12H,13H2,1-2H3. The molecule has 0 saturated heterocycles. The predicted molar refractivity (Wildman–Crippen MR) is 95.4 cm³/mol. The van der Waals surface area contributed by atoms with Gasteiger partial charge in [-0.25, -0.2) is 9.59 Å². The lowest BCUT2D eigenvalue weighted by Gasteiger charge is -2.13. The number of carbonyl (C=O) groups is 2. The van der Waals surface area contributed by atoms with Crippen molar-refractivity contribution in [2.75, 3.05) is 14.2 Å². The summed E-state index contributed by atoms with van der Waals surface area (Å²) in [6.07, 6.45) is 0.188. The normalized spacial score (nSPS) is 13.8. The Morgan fingerprint density at radius 1 is 0.680 bits per heavy atom. The molecular weight excluding hydrogens is 316 g/mol. The highest BCUT2D eigenvalue weighted by molar-refractivity contribution is 6.23. The molecule has 0 radical (unpaired) electrons. The summed E-state index contributed by atoms with van der Waals surface area (Å²) in [5, 5.41) is 0. The fraction of sp³-hybridized carbons (Fsp3) is 0.143. The minimum Gasteiger partial charge on any atom is -0.466 e. The van der Waals surface area contributed by atoms with Gasteiger partial charge >= 0.3 is 11.9 Å². The maximum absolute atomic E-state index is 12.4. The quantitative estimate of drug-likeness (QED) is 0.801. The number of esters is 2. The molecule has 0 saturated carbocycles. The third kappa shape index (κ3) is 3.11.